The molecule has 3 heteroatoms. The van der Waals surface area contributed by atoms with Gasteiger partial charge in [-0.15, -0.1) is 0 Å². The first-order chi connectivity index (χ1) is 5.70. The normalized spacial score (nSPS) is 7.75. The number of methoxy groups -OCH3 is 1. The highest BCUT2D eigenvalue weighted by atomic mass is 16.5. The minimum Gasteiger partial charge on any atom is -0.464 e. The third-order valence-electron chi connectivity index (χ3n) is 1.09. The molecule has 0 N–H and O–H groups in total. The number of carbonyl (C=O) groups excluding carboxylic acids is 1. The zero-order valence-corrected chi connectivity index (χ0v) is 7.17. The topological polar surface area (TPSA) is 29.3 Å². The van der Waals surface area contributed by atoms with Gasteiger partial charge in [0, 0.05) is 0 Å². The van der Waals surface area contributed by atoms with Crippen LogP contribution in [0.5, 0.6) is 0 Å². The second-order valence-electron chi connectivity index (χ2n) is 2.09. The average Bonchev–Trinajstić information content (AvgIpc) is 2.05. The summed E-state index contributed by atoms with van der Waals surface area (Å²) in [7, 11) is 1.34. The smallest absolute Gasteiger partial charge is 0.371 e. The SMILES string of the molecule is C=CC#CC[N+](=C)CC(=O)OC. The van der Waals surface area contributed by atoms with Crippen molar-refractivity contribution in [3.05, 3.63) is 12.7 Å². The molecule has 0 rings (SSSR count). The number of hydrogen-bond donors (Lipinski definition) is 0. The van der Waals surface area contributed by atoms with Crippen LogP contribution in [0.1, 0.15) is 0 Å². The van der Waals surface area contributed by atoms with Gasteiger partial charge in [0.1, 0.15) is 6.72 Å². The summed E-state index contributed by atoms with van der Waals surface area (Å²) >= 11 is 0. The van der Waals surface area contributed by atoms with Gasteiger partial charge in [-0.2, -0.15) is 0 Å². The minimum absolute atomic E-state index is 0.155. The van der Waals surface area contributed by atoms with E-state index < -0.39 is 0 Å². The average molecular weight is 166 g/mol. The Balaban J connectivity index is 3.74. The molecule has 0 fully saturated rings. The number of rotatable bonds is 3. The van der Waals surface area contributed by atoms with Crippen molar-refractivity contribution in [1.29, 1.82) is 0 Å². The monoisotopic (exact) mass is 166 g/mol. The molecule has 64 valence electrons. The number of hydrogen-bond acceptors (Lipinski definition) is 2. The van der Waals surface area contributed by atoms with E-state index in [1.165, 1.54) is 17.8 Å². The van der Waals surface area contributed by atoms with E-state index in [9.17, 15) is 4.79 Å². The number of ether oxygens (including phenoxy) is 1. The third-order valence-corrected chi connectivity index (χ3v) is 1.09. The van der Waals surface area contributed by atoms with Gasteiger partial charge in [-0.05, 0) is 12.0 Å². The van der Waals surface area contributed by atoms with Crippen LogP contribution in [-0.4, -0.2) is 37.5 Å². The van der Waals surface area contributed by atoms with E-state index in [0.29, 0.717) is 6.54 Å². The van der Waals surface area contributed by atoms with Crippen molar-refractivity contribution in [3.63, 3.8) is 0 Å². The first kappa shape index (κ1) is 10.4. The van der Waals surface area contributed by atoms with Crippen LogP contribution in [0.3, 0.4) is 0 Å². The lowest BCUT2D eigenvalue weighted by molar-refractivity contribution is -0.497. The molecule has 0 aromatic rings. The molecule has 0 radical (unpaired) electrons. The Labute approximate surface area is 72.3 Å². The molecule has 0 aliphatic rings. The lowest BCUT2D eigenvalue weighted by atomic mass is 10.5. The highest BCUT2D eigenvalue weighted by Gasteiger charge is 2.06. The van der Waals surface area contributed by atoms with Crippen molar-refractivity contribution < 1.29 is 14.1 Å². The fourth-order valence-electron chi connectivity index (χ4n) is 0.533. The summed E-state index contributed by atoms with van der Waals surface area (Å²) < 4.78 is 5.95. The molecule has 0 aliphatic carbocycles. The fraction of sp³-hybridized carbons (Fsp3) is 0.333. The maximum Gasteiger partial charge on any atom is 0.371 e. The van der Waals surface area contributed by atoms with Crippen molar-refractivity contribution in [1.82, 2.24) is 0 Å². The molecule has 0 saturated heterocycles. The van der Waals surface area contributed by atoms with Crippen molar-refractivity contribution in [2.24, 2.45) is 0 Å². The Morgan fingerprint density at radius 3 is 2.92 bits per heavy atom. The number of allylic oxidation sites excluding steroid dienone is 1. The second kappa shape index (κ2) is 6.17. The molecule has 0 unspecified atom stereocenters. The Morgan fingerprint density at radius 1 is 1.75 bits per heavy atom. The zero-order valence-electron chi connectivity index (χ0n) is 7.17. The van der Waals surface area contributed by atoms with Crippen molar-refractivity contribution in [3.8, 4) is 11.8 Å². The van der Waals surface area contributed by atoms with Gasteiger partial charge in [-0.3, -0.25) is 0 Å². The second-order valence-corrected chi connectivity index (χ2v) is 2.09. The summed E-state index contributed by atoms with van der Waals surface area (Å²) in [5.41, 5.74) is 0. The molecule has 12 heavy (non-hydrogen) atoms. The largest absolute Gasteiger partial charge is 0.464 e. The molecule has 0 aromatic heterocycles. The fourth-order valence-corrected chi connectivity index (χ4v) is 0.533. The standard InChI is InChI=1S/C9H12NO2/c1-4-5-6-7-10(2)8-9(11)12-3/h4H,1-2,7-8H2,3H3/q+1. The first-order valence-electron chi connectivity index (χ1n) is 3.42. The summed E-state index contributed by atoms with van der Waals surface area (Å²) in [4.78, 5) is 10.7. The summed E-state index contributed by atoms with van der Waals surface area (Å²) in [5.74, 6) is 5.09. The number of nitrogens with zero attached hydrogens (tertiary/aromatic N) is 1. The predicted molar refractivity (Wildman–Crippen MR) is 47.1 cm³/mol. The van der Waals surface area contributed by atoms with Gasteiger partial charge in [-0.1, -0.05) is 12.5 Å². The van der Waals surface area contributed by atoms with E-state index in [-0.39, 0.29) is 12.5 Å². The summed E-state index contributed by atoms with van der Waals surface area (Å²) in [6.45, 7) is 7.61. The van der Waals surface area contributed by atoms with Gasteiger partial charge in [0.05, 0.1) is 7.11 Å². The molecular formula is C9H12NO2+. The van der Waals surface area contributed by atoms with Gasteiger partial charge >= 0.3 is 5.97 Å². The molecule has 0 amide bonds. The van der Waals surface area contributed by atoms with Crippen LogP contribution in [0.25, 0.3) is 0 Å². The van der Waals surface area contributed by atoms with Gasteiger partial charge in [0.25, 0.3) is 0 Å². The molecule has 0 aromatic carbocycles. The van der Waals surface area contributed by atoms with E-state index in [0.717, 1.165) is 0 Å². The Morgan fingerprint density at radius 2 is 2.42 bits per heavy atom. The summed E-state index contributed by atoms with van der Waals surface area (Å²) in [5, 5.41) is 0. The first-order valence-corrected chi connectivity index (χ1v) is 3.42. The molecule has 0 spiro atoms. The van der Waals surface area contributed by atoms with Gasteiger partial charge in [0.15, 0.2) is 0 Å². The number of esters is 1. The quantitative estimate of drug-likeness (QED) is 0.257. The van der Waals surface area contributed by atoms with Crippen LogP contribution >= 0.6 is 0 Å². The number of carbonyl (C=O) groups is 1. The minimum atomic E-state index is -0.314. The summed E-state index contributed by atoms with van der Waals surface area (Å²) in [6.07, 6.45) is 1.49. The maximum absolute atomic E-state index is 10.7. The molecule has 0 atom stereocenters. The predicted octanol–water partition coefficient (Wildman–Crippen LogP) is 0.0619. The van der Waals surface area contributed by atoms with Crippen LogP contribution < -0.4 is 0 Å². The van der Waals surface area contributed by atoms with Crippen LogP contribution in [-0.2, 0) is 9.53 Å². The lowest BCUT2D eigenvalue weighted by Crippen LogP contribution is -2.20. The van der Waals surface area contributed by atoms with E-state index in [4.69, 9.17) is 0 Å². The van der Waals surface area contributed by atoms with E-state index in [1.54, 1.807) is 0 Å². The highest BCUT2D eigenvalue weighted by Crippen LogP contribution is 1.76. The van der Waals surface area contributed by atoms with Crippen molar-refractivity contribution >= 4 is 12.7 Å². The molecule has 0 aliphatic heterocycles. The van der Waals surface area contributed by atoms with Gasteiger partial charge in [-0.25, -0.2) is 9.37 Å². The van der Waals surface area contributed by atoms with Crippen LogP contribution in [0, 0.1) is 11.8 Å². The van der Waals surface area contributed by atoms with E-state index >= 15 is 0 Å². The van der Waals surface area contributed by atoms with E-state index in [2.05, 4.69) is 29.9 Å². The van der Waals surface area contributed by atoms with Crippen LogP contribution in [0.4, 0.5) is 0 Å². The van der Waals surface area contributed by atoms with Gasteiger partial charge in [0.2, 0.25) is 13.1 Å². The molecule has 3 nitrogen and oxygen atoms in total. The zero-order chi connectivity index (χ0) is 9.40. The van der Waals surface area contributed by atoms with Crippen LogP contribution in [0.15, 0.2) is 12.7 Å². The van der Waals surface area contributed by atoms with Crippen LogP contribution in [0.2, 0.25) is 0 Å². The Bertz CT molecular complexity index is 245. The lowest BCUT2D eigenvalue weighted by Gasteiger charge is -1.94. The molecular weight excluding hydrogens is 154 g/mol. The molecule has 0 heterocycles. The molecule has 0 saturated carbocycles. The van der Waals surface area contributed by atoms with Crippen molar-refractivity contribution in [2.45, 2.75) is 0 Å². The van der Waals surface area contributed by atoms with Crippen molar-refractivity contribution in [2.75, 3.05) is 20.2 Å². The van der Waals surface area contributed by atoms with E-state index in [1.807, 2.05) is 0 Å². The maximum atomic E-state index is 10.7. The highest BCUT2D eigenvalue weighted by molar-refractivity contribution is 5.70. The summed E-state index contributed by atoms with van der Waals surface area (Å²) in [6, 6.07) is 0. The Kier molecular flexibility index (Phi) is 5.37. The Hall–Kier alpha value is -1.56. The van der Waals surface area contributed by atoms with Gasteiger partial charge < -0.3 is 4.74 Å². The third kappa shape index (κ3) is 5.24. The molecule has 0 bridgehead atoms.